The van der Waals surface area contributed by atoms with Gasteiger partial charge in [-0.25, -0.2) is 4.98 Å². The fraction of sp³-hybridized carbons (Fsp3) is 0.474. The highest BCUT2D eigenvalue weighted by Crippen LogP contribution is 2.21. The molecule has 3 heterocycles. The van der Waals surface area contributed by atoms with Crippen LogP contribution in [0.4, 0.5) is 0 Å². The minimum atomic E-state index is -0.270. The first-order valence-corrected chi connectivity index (χ1v) is 9.24. The van der Waals surface area contributed by atoms with Crippen LogP contribution in [-0.2, 0) is 24.2 Å². The quantitative estimate of drug-likeness (QED) is 0.682. The summed E-state index contributed by atoms with van der Waals surface area (Å²) in [6, 6.07) is 3.69. The monoisotopic (exact) mass is 371 g/mol. The topological polar surface area (TPSA) is 98.1 Å². The van der Waals surface area contributed by atoms with Crippen LogP contribution in [0.1, 0.15) is 51.6 Å². The zero-order valence-electron chi connectivity index (χ0n) is 15.5. The highest BCUT2D eigenvalue weighted by molar-refractivity contribution is 5.97. The van der Waals surface area contributed by atoms with Gasteiger partial charge in [0, 0.05) is 45.7 Å². The smallest absolute Gasteiger partial charge is 0.287 e. The van der Waals surface area contributed by atoms with Crippen molar-refractivity contribution in [3.63, 3.8) is 0 Å². The predicted octanol–water partition coefficient (Wildman–Crippen LogP) is 1.31. The fourth-order valence-corrected chi connectivity index (χ4v) is 3.16. The molecule has 144 valence electrons. The van der Waals surface area contributed by atoms with Crippen LogP contribution >= 0.6 is 0 Å². The van der Waals surface area contributed by atoms with E-state index >= 15 is 0 Å². The highest BCUT2D eigenvalue weighted by atomic mass is 16.5. The number of ether oxygens (including phenoxy) is 1. The Morgan fingerprint density at radius 3 is 2.78 bits per heavy atom. The Kier molecular flexibility index (Phi) is 6.54. The largest absolute Gasteiger partial charge is 0.385 e. The molecule has 0 bridgehead atoms. The molecular formula is C19H25N5O3. The summed E-state index contributed by atoms with van der Waals surface area (Å²) in [4.78, 5) is 33.6. The van der Waals surface area contributed by atoms with Crippen molar-refractivity contribution in [2.75, 3.05) is 20.3 Å². The molecule has 0 spiro atoms. The molecule has 2 N–H and O–H groups in total. The van der Waals surface area contributed by atoms with Crippen molar-refractivity contribution in [1.82, 2.24) is 25.2 Å². The van der Waals surface area contributed by atoms with Gasteiger partial charge in [0.15, 0.2) is 5.82 Å². The number of amides is 2. The molecule has 0 atom stereocenters. The molecule has 2 aromatic rings. The van der Waals surface area contributed by atoms with Gasteiger partial charge in [-0.3, -0.25) is 14.6 Å². The second kappa shape index (κ2) is 9.27. The summed E-state index contributed by atoms with van der Waals surface area (Å²) in [5.41, 5.74) is 2.17. The number of hydrogen-bond donors (Lipinski definition) is 2. The minimum absolute atomic E-state index is 0.232. The van der Waals surface area contributed by atoms with Crippen LogP contribution < -0.4 is 10.6 Å². The van der Waals surface area contributed by atoms with Crippen molar-refractivity contribution >= 4 is 11.8 Å². The first-order valence-electron chi connectivity index (χ1n) is 9.24. The molecule has 8 heteroatoms. The van der Waals surface area contributed by atoms with Gasteiger partial charge in [-0.05, 0) is 43.4 Å². The zero-order chi connectivity index (χ0) is 19.1. The summed E-state index contributed by atoms with van der Waals surface area (Å²) in [6.45, 7) is 2.20. The molecular weight excluding hydrogens is 346 g/mol. The SMILES string of the molecule is COCCCNC(=O)c1nc(C(=O)NCc2ccncc2)n2c1CCCC2. The van der Waals surface area contributed by atoms with Crippen LogP contribution in [0.2, 0.25) is 0 Å². The molecule has 0 saturated carbocycles. The maximum Gasteiger partial charge on any atom is 0.287 e. The third-order valence-electron chi connectivity index (χ3n) is 4.55. The third-order valence-corrected chi connectivity index (χ3v) is 4.55. The van der Waals surface area contributed by atoms with E-state index in [1.807, 2.05) is 16.7 Å². The Hall–Kier alpha value is -2.74. The van der Waals surface area contributed by atoms with Gasteiger partial charge in [0.25, 0.3) is 11.8 Å². The summed E-state index contributed by atoms with van der Waals surface area (Å²) in [7, 11) is 1.63. The summed E-state index contributed by atoms with van der Waals surface area (Å²) in [6.07, 6.45) is 6.83. The van der Waals surface area contributed by atoms with E-state index < -0.39 is 0 Å². The van der Waals surface area contributed by atoms with Crippen molar-refractivity contribution in [1.29, 1.82) is 0 Å². The number of imidazole rings is 1. The summed E-state index contributed by atoms with van der Waals surface area (Å²) >= 11 is 0. The molecule has 0 radical (unpaired) electrons. The number of methoxy groups -OCH3 is 1. The molecule has 0 saturated heterocycles. The summed E-state index contributed by atoms with van der Waals surface area (Å²) in [5, 5.41) is 5.74. The summed E-state index contributed by atoms with van der Waals surface area (Å²) in [5.74, 6) is -0.195. The van der Waals surface area contributed by atoms with Gasteiger partial charge in [-0.15, -0.1) is 0 Å². The van der Waals surface area contributed by atoms with Crippen molar-refractivity contribution in [2.24, 2.45) is 0 Å². The van der Waals surface area contributed by atoms with Crippen LogP contribution in [0.15, 0.2) is 24.5 Å². The molecule has 2 aromatic heterocycles. The Morgan fingerprint density at radius 1 is 1.19 bits per heavy atom. The lowest BCUT2D eigenvalue weighted by Gasteiger charge is -2.17. The predicted molar refractivity (Wildman–Crippen MR) is 99.4 cm³/mol. The molecule has 8 nitrogen and oxygen atoms in total. The van der Waals surface area contributed by atoms with Gasteiger partial charge < -0.3 is 19.9 Å². The number of pyridine rings is 1. The van der Waals surface area contributed by atoms with Gasteiger partial charge in [0.05, 0.1) is 5.69 Å². The van der Waals surface area contributed by atoms with E-state index in [0.29, 0.717) is 37.8 Å². The number of fused-ring (bicyclic) bond motifs is 1. The Bertz CT molecular complexity index is 788. The lowest BCUT2D eigenvalue weighted by atomic mass is 10.1. The number of carbonyl (C=O) groups is 2. The van der Waals surface area contributed by atoms with E-state index in [1.165, 1.54) is 0 Å². The number of carbonyl (C=O) groups excluding carboxylic acids is 2. The first kappa shape index (κ1) is 19.0. The van der Waals surface area contributed by atoms with Crippen molar-refractivity contribution < 1.29 is 14.3 Å². The van der Waals surface area contributed by atoms with Gasteiger partial charge in [0.1, 0.15) is 5.69 Å². The van der Waals surface area contributed by atoms with Crippen molar-refractivity contribution in [2.45, 2.75) is 38.8 Å². The maximum absolute atomic E-state index is 12.7. The molecule has 2 amide bonds. The molecule has 1 aliphatic rings. The molecule has 1 aliphatic heterocycles. The van der Waals surface area contributed by atoms with Crippen LogP contribution in [0.5, 0.6) is 0 Å². The Morgan fingerprint density at radius 2 is 2.00 bits per heavy atom. The number of nitrogens with zero attached hydrogens (tertiary/aromatic N) is 3. The van der Waals surface area contributed by atoms with Gasteiger partial charge >= 0.3 is 0 Å². The lowest BCUT2D eigenvalue weighted by molar-refractivity contribution is 0.0934. The Labute approximate surface area is 158 Å². The van der Waals surface area contributed by atoms with Crippen molar-refractivity contribution in [3.05, 3.63) is 47.3 Å². The van der Waals surface area contributed by atoms with Gasteiger partial charge in [-0.1, -0.05) is 0 Å². The van der Waals surface area contributed by atoms with E-state index in [0.717, 1.165) is 36.9 Å². The highest BCUT2D eigenvalue weighted by Gasteiger charge is 2.27. The van der Waals surface area contributed by atoms with Crippen LogP contribution in [-0.4, -0.2) is 46.6 Å². The van der Waals surface area contributed by atoms with Gasteiger partial charge in [0.2, 0.25) is 0 Å². The standard InChI is InChI=1S/C19H25N5O3/c1-27-12-4-8-21-18(25)16-15-5-2-3-11-24(15)17(23-16)19(26)22-13-14-6-9-20-10-7-14/h6-7,9-10H,2-5,8,11-13H2,1H3,(H,21,25)(H,22,26). The third kappa shape index (κ3) is 4.71. The van der Waals surface area contributed by atoms with Crippen molar-refractivity contribution in [3.8, 4) is 0 Å². The average Bonchev–Trinajstić information content (AvgIpc) is 3.10. The first-order chi connectivity index (χ1) is 13.2. The molecule has 27 heavy (non-hydrogen) atoms. The van der Waals surface area contributed by atoms with Crippen LogP contribution in [0.3, 0.4) is 0 Å². The number of nitrogens with one attached hydrogen (secondary N) is 2. The maximum atomic E-state index is 12.7. The fourth-order valence-electron chi connectivity index (χ4n) is 3.16. The zero-order valence-corrected chi connectivity index (χ0v) is 15.5. The lowest BCUT2D eigenvalue weighted by Crippen LogP contribution is -2.27. The molecule has 0 aromatic carbocycles. The second-order valence-corrected chi connectivity index (χ2v) is 6.48. The van der Waals surface area contributed by atoms with Crippen LogP contribution in [0, 0.1) is 0 Å². The summed E-state index contributed by atoms with van der Waals surface area (Å²) < 4.78 is 6.88. The molecule has 0 aliphatic carbocycles. The van der Waals surface area contributed by atoms with Gasteiger partial charge in [-0.2, -0.15) is 0 Å². The second-order valence-electron chi connectivity index (χ2n) is 6.48. The van der Waals surface area contributed by atoms with E-state index in [-0.39, 0.29) is 11.8 Å². The average molecular weight is 371 g/mol. The van der Waals surface area contributed by atoms with E-state index in [2.05, 4.69) is 20.6 Å². The van der Waals surface area contributed by atoms with Crippen LogP contribution in [0.25, 0.3) is 0 Å². The number of rotatable bonds is 8. The normalized spacial score (nSPS) is 13.1. The minimum Gasteiger partial charge on any atom is -0.385 e. The number of aromatic nitrogens is 3. The molecule has 0 unspecified atom stereocenters. The van der Waals surface area contributed by atoms with E-state index in [1.54, 1.807) is 19.5 Å². The van der Waals surface area contributed by atoms with E-state index in [4.69, 9.17) is 4.74 Å². The molecule has 0 fully saturated rings. The molecule has 3 rings (SSSR count). The number of hydrogen-bond acceptors (Lipinski definition) is 5. The van der Waals surface area contributed by atoms with E-state index in [9.17, 15) is 9.59 Å². The Balaban J connectivity index is 1.72.